The molecule has 2 unspecified atom stereocenters. The zero-order valence-electron chi connectivity index (χ0n) is 9.44. The van der Waals surface area contributed by atoms with E-state index < -0.39 is 10.0 Å². The first-order valence-corrected chi connectivity index (χ1v) is 7.33. The van der Waals surface area contributed by atoms with E-state index in [0.29, 0.717) is 11.7 Å². The van der Waals surface area contributed by atoms with Gasteiger partial charge in [-0.1, -0.05) is 0 Å². The average molecular weight is 232 g/mol. The first-order valence-electron chi connectivity index (χ1n) is 5.72. The SMILES string of the molecule is CC1CNCC(C)N1S(=O)(=O)CC1CC1. The molecule has 0 aromatic carbocycles. The molecule has 2 fully saturated rings. The lowest BCUT2D eigenvalue weighted by atomic mass is 10.2. The summed E-state index contributed by atoms with van der Waals surface area (Å²) in [5.74, 6) is 0.797. The topological polar surface area (TPSA) is 49.4 Å². The molecule has 0 amide bonds. The molecule has 2 atom stereocenters. The second-order valence-corrected chi connectivity index (χ2v) is 6.83. The summed E-state index contributed by atoms with van der Waals surface area (Å²) in [4.78, 5) is 0. The summed E-state index contributed by atoms with van der Waals surface area (Å²) in [7, 11) is -3.03. The lowest BCUT2D eigenvalue weighted by Gasteiger charge is -2.38. The highest BCUT2D eigenvalue weighted by Gasteiger charge is 2.38. The number of nitrogens with zero attached hydrogens (tertiary/aromatic N) is 1. The minimum absolute atomic E-state index is 0.0949. The van der Waals surface area contributed by atoms with Crippen molar-refractivity contribution in [1.29, 1.82) is 0 Å². The van der Waals surface area contributed by atoms with Gasteiger partial charge < -0.3 is 5.32 Å². The van der Waals surface area contributed by atoms with Crippen molar-refractivity contribution in [2.45, 2.75) is 38.8 Å². The Morgan fingerprint density at radius 2 is 1.73 bits per heavy atom. The van der Waals surface area contributed by atoms with Crippen LogP contribution in [-0.2, 0) is 10.0 Å². The summed E-state index contributed by atoms with van der Waals surface area (Å²) >= 11 is 0. The van der Waals surface area contributed by atoms with Crippen LogP contribution in [0.3, 0.4) is 0 Å². The minimum Gasteiger partial charge on any atom is -0.314 e. The minimum atomic E-state index is -3.03. The van der Waals surface area contributed by atoms with Crippen molar-refractivity contribution in [3.05, 3.63) is 0 Å². The van der Waals surface area contributed by atoms with E-state index in [0.717, 1.165) is 25.9 Å². The molecule has 1 aliphatic carbocycles. The molecule has 1 saturated heterocycles. The van der Waals surface area contributed by atoms with Gasteiger partial charge in [0.05, 0.1) is 5.75 Å². The van der Waals surface area contributed by atoms with Crippen LogP contribution in [-0.4, -0.2) is 43.6 Å². The van der Waals surface area contributed by atoms with Gasteiger partial charge in [0.15, 0.2) is 0 Å². The number of piperazine rings is 1. The maximum Gasteiger partial charge on any atom is 0.214 e. The molecule has 0 aromatic heterocycles. The average Bonchev–Trinajstić information content (AvgIpc) is 2.86. The number of hydrogen-bond acceptors (Lipinski definition) is 3. The highest BCUT2D eigenvalue weighted by molar-refractivity contribution is 7.89. The van der Waals surface area contributed by atoms with Crippen LogP contribution in [0.1, 0.15) is 26.7 Å². The third-order valence-electron chi connectivity index (χ3n) is 3.21. The maximum atomic E-state index is 12.2. The molecule has 2 aliphatic rings. The van der Waals surface area contributed by atoms with Crippen LogP contribution in [0.4, 0.5) is 0 Å². The zero-order chi connectivity index (χ0) is 11.1. The molecular weight excluding hydrogens is 212 g/mol. The molecule has 1 saturated carbocycles. The molecule has 1 N–H and O–H groups in total. The van der Waals surface area contributed by atoms with E-state index in [1.807, 2.05) is 13.8 Å². The van der Waals surface area contributed by atoms with Crippen molar-refractivity contribution >= 4 is 10.0 Å². The van der Waals surface area contributed by atoms with Crippen LogP contribution in [0.2, 0.25) is 0 Å². The van der Waals surface area contributed by atoms with Crippen LogP contribution in [0.5, 0.6) is 0 Å². The van der Waals surface area contributed by atoms with Crippen molar-refractivity contribution in [3.63, 3.8) is 0 Å². The van der Waals surface area contributed by atoms with Crippen LogP contribution < -0.4 is 5.32 Å². The highest BCUT2D eigenvalue weighted by Crippen LogP contribution is 2.32. The van der Waals surface area contributed by atoms with Gasteiger partial charge in [0.2, 0.25) is 10.0 Å². The Balaban J connectivity index is 2.11. The second kappa shape index (κ2) is 4.03. The lowest BCUT2D eigenvalue weighted by molar-refractivity contribution is 0.219. The maximum absolute atomic E-state index is 12.2. The summed E-state index contributed by atoms with van der Waals surface area (Å²) in [6.45, 7) is 5.50. The Kier molecular flexibility index (Phi) is 3.05. The van der Waals surface area contributed by atoms with Crippen LogP contribution in [0, 0.1) is 5.92 Å². The van der Waals surface area contributed by atoms with Gasteiger partial charge in [-0.25, -0.2) is 8.42 Å². The summed E-state index contributed by atoms with van der Waals surface area (Å²) in [5.41, 5.74) is 0. The monoisotopic (exact) mass is 232 g/mol. The number of rotatable bonds is 3. The van der Waals surface area contributed by atoms with Crippen LogP contribution in [0.15, 0.2) is 0 Å². The molecule has 0 spiro atoms. The standard InChI is InChI=1S/C10H20N2O2S/c1-8-5-11-6-9(2)12(8)15(13,14)7-10-3-4-10/h8-11H,3-7H2,1-2H3. The fourth-order valence-electron chi connectivity index (χ4n) is 2.33. The first kappa shape index (κ1) is 11.4. The van der Waals surface area contributed by atoms with Gasteiger partial charge >= 0.3 is 0 Å². The fraction of sp³-hybridized carbons (Fsp3) is 1.00. The second-order valence-electron chi connectivity index (χ2n) is 4.91. The third kappa shape index (κ3) is 2.52. The summed E-state index contributed by atoms with van der Waals surface area (Å²) in [5, 5.41) is 3.25. The molecule has 2 rings (SSSR count). The van der Waals surface area contributed by atoms with Gasteiger partial charge in [0, 0.05) is 25.2 Å². The van der Waals surface area contributed by atoms with E-state index >= 15 is 0 Å². The fourth-order valence-corrected chi connectivity index (χ4v) is 4.68. The molecular formula is C10H20N2O2S. The van der Waals surface area contributed by atoms with Crippen molar-refractivity contribution in [1.82, 2.24) is 9.62 Å². The number of sulfonamides is 1. The first-order chi connectivity index (χ1) is 7.00. The van der Waals surface area contributed by atoms with Gasteiger partial charge in [-0.2, -0.15) is 4.31 Å². The highest BCUT2D eigenvalue weighted by atomic mass is 32.2. The molecule has 88 valence electrons. The van der Waals surface area contributed by atoms with E-state index in [4.69, 9.17) is 0 Å². The quantitative estimate of drug-likeness (QED) is 0.766. The molecule has 1 aliphatic heterocycles. The van der Waals surface area contributed by atoms with E-state index in [1.165, 1.54) is 0 Å². The third-order valence-corrected chi connectivity index (χ3v) is 5.47. The van der Waals surface area contributed by atoms with E-state index in [1.54, 1.807) is 4.31 Å². The summed E-state index contributed by atoms with van der Waals surface area (Å²) < 4.78 is 26.0. The Morgan fingerprint density at radius 1 is 1.20 bits per heavy atom. The van der Waals surface area contributed by atoms with Crippen molar-refractivity contribution < 1.29 is 8.42 Å². The van der Waals surface area contributed by atoms with Gasteiger partial charge in [-0.3, -0.25) is 0 Å². The summed E-state index contributed by atoms with van der Waals surface area (Å²) in [6.07, 6.45) is 2.18. The van der Waals surface area contributed by atoms with E-state index in [-0.39, 0.29) is 12.1 Å². The molecule has 15 heavy (non-hydrogen) atoms. The van der Waals surface area contributed by atoms with Gasteiger partial charge in [-0.15, -0.1) is 0 Å². The number of hydrogen-bond donors (Lipinski definition) is 1. The smallest absolute Gasteiger partial charge is 0.214 e. The Hall–Kier alpha value is -0.130. The molecule has 0 aromatic rings. The van der Waals surface area contributed by atoms with E-state index in [2.05, 4.69) is 5.32 Å². The predicted molar refractivity (Wildman–Crippen MR) is 60.1 cm³/mol. The number of nitrogens with one attached hydrogen (secondary N) is 1. The molecule has 5 heteroatoms. The Morgan fingerprint density at radius 3 is 2.20 bits per heavy atom. The molecule has 4 nitrogen and oxygen atoms in total. The lowest BCUT2D eigenvalue weighted by Crippen LogP contribution is -2.57. The predicted octanol–water partition coefficient (Wildman–Crippen LogP) is 0.408. The summed E-state index contributed by atoms with van der Waals surface area (Å²) in [6, 6.07) is 0.190. The molecule has 0 radical (unpaired) electrons. The van der Waals surface area contributed by atoms with Crippen LogP contribution >= 0.6 is 0 Å². The van der Waals surface area contributed by atoms with E-state index in [9.17, 15) is 8.42 Å². The Labute approximate surface area is 92.1 Å². The van der Waals surface area contributed by atoms with Crippen molar-refractivity contribution in [3.8, 4) is 0 Å². The Bertz CT molecular complexity index is 314. The van der Waals surface area contributed by atoms with Crippen LogP contribution in [0.25, 0.3) is 0 Å². The van der Waals surface area contributed by atoms with Crippen molar-refractivity contribution in [2.24, 2.45) is 5.92 Å². The van der Waals surface area contributed by atoms with Crippen molar-refractivity contribution in [2.75, 3.05) is 18.8 Å². The molecule has 1 heterocycles. The van der Waals surface area contributed by atoms with Gasteiger partial charge in [0.1, 0.15) is 0 Å². The van der Waals surface area contributed by atoms with Gasteiger partial charge in [0.25, 0.3) is 0 Å². The van der Waals surface area contributed by atoms with Gasteiger partial charge in [-0.05, 0) is 32.6 Å². The largest absolute Gasteiger partial charge is 0.314 e. The zero-order valence-corrected chi connectivity index (χ0v) is 10.3. The normalized spacial score (nSPS) is 34.3. The molecule has 0 bridgehead atoms.